The van der Waals surface area contributed by atoms with E-state index < -0.39 is 29.4 Å². The number of hydrogen-bond acceptors (Lipinski definition) is 4. The molecule has 1 rings (SSSR count). The van der Waals surface area contributed by atoms with Crippen LogP contribution >= 0.6 is 0 Å². The minimum atomic E-state index is -1.66. The molecule has 0 radical (unpaired) electrons. The lowest BCUT2D eigenvalue weighted by molar-refractivity contribution is -0.161. The third kappa shape index (κ3) is 2.15. The Kier molecular flexibility index (Phi) is 2.81. The molecule has 0 aromatic carbocycles. The SMILES string of the molecule is CC(=O)C1CC(C(=O)O)C(=O)NC1(C)O. The Morgan fingerprint density at radius 3 is 2.47 bits per heavy atom. The predicted octanol–water partition coefficient (Wildman–Crippen LogP) is -0.879. The molecule has 1 amide bonds. The van der Waals surface area contributed by atoms with Crippen molar-refractivity contribution in [3.8, 4) is 0 Å². The molecule has 15 heavy (non-hydrogen) atoms. The number of Topliss-reactive ketones (excluding diaryl/α,β-unsaturated/α-hetero) is 1. The van der Waals surface area contributed by atoms with Gasteiger partial charge in [0.25, 0.3) is 0 Å². The van der Waals surface area contributed by atoms with E-state index in [4.69, 9.17) is 5.11 Å². The molecule has 0 bridgehead atoms. The highest BCUT2D eigenvalue weighted by molar-refractivity contribution is 5.99. The Bertz CT molecular complexity index is 322. The highest BCUT2D eigenvalue weighted by Gasteiger charge is 2.47. The van der Waals surface area contributed by atoms with E-state index in [1.54, 1.807) is 0 Å². The third-order valence-electron chi connectivity index (χ3n) is 2.63. The maximum atomic E-state index is 11.3. The van der Waals surface area contributed by atoms with Crippen LogP contribution in [0, 0.1) is 11.8 Å². The number of aliphatic carboxylic acids is 1. The molecule has 3 N–H and O–H groups in total. The van der Waals surface area contributed by atoms with Crippen molar-refractivity contribution in [3.63, 3.8) is 0 Å². The molecule has 6 nitrogen and oxygen atoms in total. The monoisotopic (exact) mass is 215 g/mol. The van der Waals surface area contributed by atoms with Crippen LogP contribution in [0.4, 0.5) is 0 Å². The van der Waals surface area contributed by atoms with Crippen LogP contribution in [0.3, 0.4) is 0 Å². The fourth-order valence-electron chi connectivity index (χ4n) is 1.77. The first-order valence-electron chi connectivity index (χ1n) is 4.53. The second kappa shape index (κ2) is 3.62. The fraction of sp³-hybridized carbons (Fsp3) is 0.667. The maximum Gasteiger partial charge on any atom is 0.316 e. The van der Waals surface area contributed by atoms with Crippen molar-refractivity contribution in [2.45, 2.75) is 26.0 Å². The Balaban J connectivity index is 2.95. The van der Waals surface area contributed by atoms with E-state index in [-0.39, 0.29) is 12.2 Å². The highest BCUT2D eigenvalue weighted by atomic mass is 16.4. The number of carboxylic acids is 1. The first-order valence-corrected chi connectivity index (χ1v) is 4.53. The van der Waals surface area contributed by atoms with Crippen molar-refractivity contribution < 1.29 is 24.6 Å². The van der Waals surface area contributed by atoms with E-state index >= 15 is 0 Å². The molecule has 1 aliphatic heterocycles. The van der Waals surface area contributed by atoms with Gasteiger partial charge in [0.1, 0.15) is 17.4 Å². The van der Waals surface area contributed by atoms with Crippen molar-refractivity contribution in [1.29, 1.82) is 0 Å². The molecule has 3 atom stereocenters. The van der Waals surface area contributed by atoms with Gasteiger partial charge in [0.15, 0.2) is 0 Å². The summed E-state index contributed by atoms with van der Waals surface area (Å²) >= 11 is 0. The summed E-state index contributed by atoms with van der Waals surface area (Å²) in [4.78, 5) is 33.1. The van der Waals surface area contributed by atoms with Crippen LogP contribution in [0.1, 0.15) is 20.3 Å². The molecule has 6 heteroatoms. The van der Waals surface area contributed by atoms with Crippen LogP contribution < -0.4 is 5.32 Å². The number of carboxylic acid groups (broad SMARTS) is 1. The van der Waals surface area contributed by atoms with Gasteiger partial charge in [-0.2, -0.15) is 0 Å². The molecular weight excluding hydrogens is 202 g/mol. The van der Waals surface area contributed by atoms with E-state index in [0.717, 1.165) is 0 Å². The fourth-order valence-corrected chi connectivity index (χ4v) is 1.77. The van der Waals surface area contributed by atoms with Gasteiger partial charge in [-0.05, 0) is 20.3 Å². The van der Waals surface area contributed by atoms with E-state index in [1.165, 1.54) is 13.8 Å². The van der Waals surface area contributed by atoms with Crippen LogP contribution in [-0.4, -0.2) is 33.6 Å². The van der Waals surface area contributed by atoms with Gasteiger partial charge in [-0.25, -0.2) is 0 Å². The van der Waals surface area contributed by atoms with Gasteiger partial charge in [-0.1, -0.05) is 0 Å². The van der Waals surface area contributed by atoms with E-state index in [1.807, 2.05) is 0 Å². The van der Waals surface area contributed by atoms with Gasteiger partial charge in [-0.15, -0.1) is 0 Å². The van der Waals surface area contributed by atoms with Crippen LogP contribution in [0.25, 0.3) is 0 Å². The van der Waals surface area contributed by atoms with Crippen molar-refractivity contribution >= 4 is 17.7 Å². The summed E-state index contributed by atoms with van der Waals surface area (Å²) < 4.78 is 0. The molecule has 1 heterocycles. The molecule has 0 aromatic rings. The average Bonchev–Trinajstić information content (AvgIpc) is 1.99. The van der Waals surface area contributed by atoms with Crippen LogP contribution in [0.15, 0.2) is 0 Å². The highest BCUT2D eigenvalue weighted by Crippen LogP contribution is 2.29. The number of nitrogens with one attached hydrogen (secondary N) is 1. The quantitative estimate of drug-likeness (QED) is 0.519. The largest absolute Gasteiger partial charge is 0.481 e. The van der Waals surface area contributed by atoms with Gasteiger partial charge in [0.05, 0.1) is 5.92 Å². The number of ketones is 1. The van der Waals surface area contributed by atoms with Gasteiger partial charge in [0.2, 0.25) is 5.91 Å². The summed E-state index contributed by atoms with van der Waals surface area (Å²) in [5.74, 6) is -4.53. The van der Waals surface area contributed by atoms with Crippen molar-refractivity contribution in [3.05, 3.63) is 0 Å². The van der Waals surface area contributed by atoms with Crippen LogP contribution in [0.5, 0.6) is 0 Å². The number of amides is 1. The Morgan fingerprint density at radius 1 is 1.53 bits per heavy atom. The second-order valence-electron chi connectivity index (χ2n) is 3.93. The Hall–Kier alpha value is -1.43. The lowest BCUT2D eigenvalue weighted by atomic mass is 9.80. The Morgan fingerprint density at radius 2 is 2.07 bits per heavy atom. The number of hydrogen-bond donors (Lipinski definition) is 3. The standard InChI is InChI=1S/C9H13NO5/c1-4(11)6-3-5(8(13)14)7(12)10-9(6,2)15/h5-6,15H,3H2,1-2H3,(H,10,12)(H,13,14). The molecule has 1 aliphatic rings. The molecule has 0 spiro atoms. The zero-order valence-electron chi connectivity index (χ0n) is 8.48. The molecule has 0 aromatic heterocycles. The summed E-state index contributed by atoms with van der Waals surface area (Å²) in [6, 6.07) is 0. The molecule has 0 aliphatic carbocycles. The molecule has 1 saturated heterocycles. The number of carbonyl (C=O) groups excluding carboxylic acids is 2. The minimum Gasteiger partial charge on any atom is -0.481 e. The summed E-state index contributed by atoms with van der Waals surface area (Å²) in [7, 11) is 0. The normalized spacial score (nSPS) is 35.8. The minimum absolute atomic E-state index is 0.163. The lowest BCUT2D eigenvalue weighted by Gasteiger charge is -2.38. The van der Waals surface area contributed by atoms with Crippen LogP contribution in [0.2, 0.25) is 0 Å². The maximum absolute atomic E-state index is 11.3. The van der Waals surface area contributed by atoms with Crippen molar-refractivity contribution in [2.75, 3.05) is 0 Å². The number of piperidine rings is 1. The van der Waals surface area contributed by atoms with Gasteiger partial charge < -0.3 is 15.5 Å². The van der Waals surface area contributed by atoms with Gasteiger partial charge in [0, 0.05) is 0 Å². The predicted molar refractivity (Wildman–Crippen MR) is 48.7 cm³/mol. The van der Waals surface area contributed by atoms with E-state index in [9.17, 15) is 19.5 Å². The van der Waals surface area contributed by atoms with Crippen LogP contribution in [-0.2, 0) is 14.4 Å². The molecule has 3 unspecified atom stereocenters. The van der Waals surface area contributed by atoms with E-state index in [0.29, 0.717) is 0 Å². The molecule has 0 saturated carbocycles. The molecule has 1 fully saturated rings. The number of carbonyl (C=O) groups is 3. The zero-order chi connectivity index (χ0) is 11.8. The third-order valence-corrected chi connectivity index (χ3v) is 2.63. The number of rotatable bonds is 2. The lowest BCUT2D eigenvalue weighted by Crippen LogP contribution is -2.61. The van der Waals surface area contributed by atoms with E-state index in [2.05, 4.69) is 5.32 Å². The smallest absolute Gasteiger partial charge is 0.316 e. The van der Waals surface area contributed by atoms with Gasteiger partial charge >= 0.3 is 5.97 Å². The van der Waals surface area contributed by atoms with Crippen molar-refractivity contribution in [2.24, 2.45) is 11.8 Å². The first kappa shape index (κ1) is 11.6. The summed E-state index contributed by atoms with van der Waals surface area (Å²) in [5.41, 5.74) is -1.66. The van der Waals surface area contributed by atoms with Crippen molar-refractivity contribution in [1.82, 2.24) is 5.32 Å². The molecular formula is C9H13NO5. The summed E-state index contributed by atoms with van der Waals surface area (Å²) in [6.45, 7) is 2.55. The Labute approximate surface area is 86.3 Å². The average molecular weight is 215 g/mol. The van der Waals surface area contributed by atoms with Gasteiger partial charge in [-0.3, -0.25) is 14.4 Å². The summed E-state index contributed by atoms with van der Waals surface area (Å²) in [6.07, 6.45) is -0.163. The topological polar surface area (TPSA) is 104 Å². The summed E-state index contributed by atoms with van der Waals surface area (Å²) in [5, 5.41) is 20.6. The zero-order valence-corrected chi connectivity index (χ0v) is 8.48. The second-order valence-corrected chi connectivity index (χ2v) is 3.93. The number of aliphatic hydroxyl groups is 1. The molecule has 84 valence electrons. The first-order chi connectivity index (χ1) is 6.75.